The Morgan fingerprint density at radius 1 is 1.33 bits per heavy atom. The SMILES string of the molecule is Cc1cc2c(/C=N/NO)c3c(nc2cc1F)-c1cc2c(c(=O)n1C3)COC(=O)[C@H]2O. The Hall–Kier alpha value is -3.63. The second kappa shape index (κ2) is 6.44. The second-order valence-electron chi connectivity index (χ2n) is 7.19. The van der Waals surface area contributed by atoms with Gasteiger partial charge in [0.2, 0.25) is 0 Å². The number of carbonyl (C=O) groups is 1. The first-order valence-corrected chi connectivity index (χ1v) is 9.07. The summed E-state index contributed by atoms with van der Waals surface area (Å²) in [6.45, 7) is 1.56. The smallest absolute Gasteiger partial charge is 0.340 e. The van der Waals surface area contributed by atoms with Crippen molar-refractivity contribution in [2.45, 2.75) is 26.2 Å². The van der Waals surface area contributed by atoms with Gasteiger partial charge in [0.05, 0.1) is 35.2 Å². The van der Waals surface area contributed by atoms with Crippen LogP contribution in [0.15, 0.2) is 28.1 Å². The molecule has 0 saturated heterocycles. The summed E-state index contributed by atoms with van der Waals surface area (Å²) in [5.74, 6) is -1.26. The van der Waals surface area contributed by atoms with Gasteiger partial charge in [0, 0.05) is 28.1 Å². The number of esters is 1. The van der Waals surface area contributed by atoms with Crippen molar-refractivity contribution in [1.29, 1.82) is 0 Å². The van der Waals surface area contributed by atoms with Crippen molar-refractivity contribution >= 4 is 23.1 Å². The number of benzene rings is 1. The van der Waals surface area contributed by atoms with Crippen LogP contribution in [0.1, 0.15) is 33.9 Å². The summed E-state index contributed by atoms with van der Waals surface area (Å²) in [6.07, 6.45) is -0.185. The highest BCUT2D eigenvalue weighted by molar-refractivity contribution is 6.02. The molecule has 2 aromatic heterocycles. The number of aliphatic hydroxyl groups excluding tert-OH is 1. The molecule has 9 nitrogen and oxygen atoms in total. The molecular formula is C20H15FN4O5. The predicted octanol–water partition coefficient (Wildman–Crippen LogP) is 1.28. The number of aryl methyl sites for hydroxylation is 1. The van der Waals surface area contributed by atoms with Crippen LogP contribution in [0.3, 0.4) is 0 Å². The number of hydrogen-bond donors (Lipinski definition) is 3. The number of cyclic esters (lactones) is 1. The van der Waals surface area contributed by atoms with Gasteiger partial charge in [-0.25, -0.2) is 14.2 Å². The van der Waals surface area contributed by atoms with E-state index in [1.807, 2.05) is 0 Å². The Balaban J connectivity index is 1.83. The van der Waals surface area contributed by atoms with E-state index in [0.29, 0.717) is 39.0 Å². The predicted molar refractivity (Wildman–Crippen MR) is 103 cm³/mol. The first kappa shape index (κ1) is 18.4. The highest BCUT2D eigenvalue weighted by Crippen LogP contribution is 2.37. The van der Waals surface area contributed by atoms with Crippen molar-refractivity contribution in [2.75, 3.05) is 0 Å². The molecule has 0 aliphatic carbocycles. The van der Waals surface area contributed by atoms with Gasteiger partial charge < -0.3 is 14.4 Å². The summed E-state index contributed by atoms with van der Waals surface area (Å²) in [4.78, 5) is 29.3. The lowest BCUT2D eigenvalue weighted by Crippen LogP contribution is -2.32. The Bertz CT molecular complexity index is 1350. The van der Waals surface area contributed by atoms with Crippen LogP contribution in [0.5, 0.6) is 0 Å². The van der Waals surface area contributed by atoms with Crippen LogP contribution in [0.25, 0.3) is 22.3 Å². The molecule has 3 aromatic rings. The molecule has 0 saturated carbocycles. The van der Waals surface area contributed by atoms with Gasteiger partial charge in [0.1, 0.15) is 12.4 Å². The maximum atomic E-state index is 14.2. The third-order valence-corrected chi connectivity index (χ3v) is 5.53. The highest BCUT2D eigenvalue weighted by Gasteiger charge is 2.34. The number of nitrogens with one attached hydrogen (secondary N) is 1. The van der Waals surface area contributed by atoms with Crippen LogP contribution < -0.4 is 11.1 Å². The minimum absolute atomic E-state index is 0.160. The third kappa shape index (κ3) is 2.47. The summed E-state index contributed by atoms with van der Waals surface area (Å²) < 4.78 is 20.5. The van der Waals surface area contributed by atoms with Gasteiger partial charge in [-0.2, -0.15) is 10.7 Å². The molecule has 0 amide bonds. The molecule has 0 radical (unpaired) electrons. The molecule has 1 atom stereocenters. The molecule has 152 valence electrons. The van der Waals surface area contributed by atoms with E-state index < -0.39 is 23.4 Å². The van der Waals surface area contributed by atoms with Gasteiger partial charge >= 0.3 is 5.97 Å². The summed E-state index contributed by atoms with van der Waals surface area (Å²) in [7, 11) is 0. The lowest BCUT2D eigenvalue weighted by atomic mass is 9.98. The molecule has 0 unspecified atom stereocenters. The Morgan fingerprint density at radius 3 is 2.90 bits per heavy atom. The van der Waals surface area contributed by atoms with Crippen molar-refractivity contribution < 1.29 is 24.2 Å². The minimum atomic E-state index is -1.56. The summed E-state index contributed by atoms with van der Waals surface area (Å²) in [6, 6.07) is 4.46. The van der Waals surface area contributed by atoms with Crippen LogP contribution >= 0.6 is 0 Å². The number of aromatic nitrogens is 2. The summed E-state index contributed by atoms with van der Waals surface area (Å²) in [5.41, 5.74) is 4.47. The molecule has 2 aliphatic heterocycles. The molecule has 0 bridgehead atoms. The Kier molecular flexibility index (Phi) is 3.95. The fourth-order valence-electron chi connectivity index (χ4n) is 4.03. The average molecular weight is 410 g/mol. The molecule has 0 spiro atoms. The van der Waals surface area contributed by atoms with Crippen molar-refractivity contribution in [3.63, 3.8) is 0 Å². The standard InChI is InChI=1S/C20H15FN4O5/c1-8-2-9-11(5-22-24-29)12-6-25-16(17(12)23-15(9)4-14(8)21)3-10-13(19(25)27)7-30-20(28)18(10)26/h2-5,18,24,26,29H,6-7H2,1H3/b22-5+/t18-/m0/s1. The topological polar surface area (TPSA) is 126 Å². The number of pyridine rings is 2. The van der Waals surface area contributed by atoms with Gasteiger partial charge in [0.25, 0.3) is 5.56 Å². The first-order chi connectivity index (χ1) is 14.4. The van der Waals surface area contributed by atoms with E-state index in [-0.39, 0.29) is 24.3 Å². The first-order valence-electron chi connectivity index (χ1n) is 9.07. The van der Waals surface area contributed by atoms with E-state index in [2.05, 4.69) is 10.1 Å². The number of rotatable bonds is 2. The van der Waals surface area contributed by atoms with E-state index in [0.717, 1.165) is 0 Å². The number of fused-ring (bicyclic) bond motifs is 5. The van der Waals surface area contributed by atoms with Gasteiger partial charge in [-0.05, 0) is 24.6 Å². The van der Waals surface area contributed by atoms with Crippen LogP contribution in [-0.4, -0.2) is 32.0 Å². The normalized spacial score (nSPS) is 17.1. The maximum absolute atomic E-state index is 14.2. The highest BCUT2D eigenvalue weighted by atomic mass is 19.1. The number of ether oxygens (including phenoxy) is 1. The number of hydrogen-bond acceptors (Lipinski definition) is 8. The largest absolute Gasteiger partial charge is 0.458 e. The zero-order valence-electron chi connectivity index (χ0n) is 15.6. The van der Waals surface area contributed by atoms with Crippen LogP contribution in [0.2, 0.25) is 0 Å². The third-order valence-electron chi connectivity index (χ3n) is 5.53. The molecule has 30 heavy (non-hydrogen) atoms. The molecule has 5 rings (SSSR count). The second-order valence-corrected chi connectivity index (χ2v) is 7.19. The van der Waals surface area contributed by atoms with Gasteiger partial charge in [-0.15, -0.1) is 0 Å². The molecule has 0 fully saturated rings. The van der Waals surface area contributed by atoms with E-state index in [4.69, 9.17) is 9.94 Å². The Morgan fingerprint density at radius 2 is 2.13 bits per heavy atom. The van der Waals surface area contributed by atoms with E-state index in [1.165, 1.54) is 16.8 Å². The molecule has 4 heterocycles. The van der Waals surface area contributed by atoms with E-state index >= 15 is 0 Å². The van der Waals surface area contributed by atoms with Crippen molar-refractivity contribution in [2.24, 2.45) is 5.10 Å². The van der Waals surface area contributed by atoms with E-state index in [1.54, 1.807) is 24.6 Å². The molecule has 1 aromatic carbocycles. The van der Waals surface area contributed by atoms with Crippen LogP contribution in [0, 0.1) is 12.7 Å². The number of nitrogens with zero attached hydrogens (tertiary/aromatic N) is 3. The fraction of sp³-hybridized carbons (Fsp3) is 0.200. The van der Waals surface area contributed by atoms with Gasteiger partial charge in [0.15, 0.2) is 6.10 Å². The lowest BCUT2D eigenvalue weighted by molar-refractivity contribution is -0.157. The lowest BCUT2D eigenvalue weighted by Gasteiger charge is -2.21. The van der Waals surface area contributed by atoms with Crippen LogP contribution in [-0.2, 0) is 22.7 Å². The Labute approximate surface area is 168 Å². The minimum Gasteiger partial charge on any atom is -0.458 e. The monoisotopic (exact) mass is 410 g/mol. The van der Waals surface area contributed by atoms with Gasteiger partial charge in [-0.3, -0.25) is 10.0 Å². The van der Waals surface area contributed by atoms with Crippen molar-refractivity contribution in [3.8, 4) is 11.4 Å². The summed E-state index contributed by atoms with van der Waals surface area (Å²) >= 11 is 0. The molecule has 2 aliphatic rings. The number of aliphatic hydroxyl groups is 1. The fourth-order valence-corrected chi connectivity index (χ4v) is 4.03. The molecular weight excluding hydrogens is 395 g/mol. The van der Waals surface area contributed by atoms with Crippen molar-refractivity contribution in [3.05, 3.63) is 62.2 Å². The maximum Gasteiger partial charge on any atom is 0.340 e. The van der Waals surface area contributed by atoms with E-state index in [9.17, 15) is 19.1 Å². The number of carbonyl (C=O) groups excluding carboxylic acids is 1. The summed E-state index contributed by atoms with van der Waals surface area (Å²) in [5, 5.41) is 23.4. The van der Waals surface area contributed by atoms with Crippen molar-refractivity contribution in [1.82, 2.24) is 15.1 Å². The van der Waals surface area contributed by atoms with Crippen LogP contribution in [0.4, 0.5) is 4.39 Å². The zero-order chi connectivity index (χ0) is 21.2. The number of hydrazone groups is 1. The van der Waals surface area contributed by atoms with Gasteiger partial charge in [-0.1, -0.05) is 0 Å². The molecule has 10 heteroatoms. The molecule has 3 N–H and O–H groups in total. The average Bonchev–Trinajstić information content (AvgIpc) is 3.08. The number of halogens is 1. The quantitative estimate of drug-likeness (QED) is 0.258. The zero-order valence-corrected chi connectivity index (χ0v) is 15.6.